The number of fused-ring (bicyclic) bond motifs is 1. The monoisotopic (exact) mass is 299 g/mol. The Kier molecular flexibility index (Phi) is 3.46. The molecular weight excluding hydrogens is 290 g/mol. The average molecular weight is 300 g/mol. The van der Waals surface area contributed by atoms with E-state index in [1.807, 2.05) is 0 Å². The molecule has 104 valence electrons. The van der Waals surface area contributed by atoms with E-state index in [2.05, 4.69) is 5.32 Å². The maximum atomic E-state index is 12.3. The van der Waals surface area contributed by atoms with Crippen molar-refractivity contribution in [1.29, 1.82) is 0 Å². The van der Waals surface area contributed by atoms with Gasteiger partial charge in [-0.1, -0.05) is 23.7 Å². The first kappa shape index (κ1) is 13.4. The maximum Gasteiger partial charge on any atom is 0.212 e. The molecule has 3 rings (SSSR count). The molecule has 0 fully saturated rings. The van der Waals surface area contributed by atoms with Gasteiger partial charge >= 0.3 is 0 Å². The van der Waals surface area contributed by atoms with Crippen molar-refractivity contribution in [2.24, 2.45) is 0 Å². The number of benzene rings is 2. The number of aldehydes is 1. The van der Waals surface area contributed by atoms with Crippen LogP contribution in [0.3, 0.4) is 0 Å². The number of rotatable bonds is 3. The van der Waals surface area contributed by atoms with Gasteiger partial charge in [-0.05, 0) is 36.4 Å². The molecule has 0 spiro atoms. The Bertz CT molecular complexity index is 869. The Morgan fingerprint density at radius 3 is 2.48 bits per heavy atom. The van der Waals surface area contributed by atoms with Crippen LogP contribution in [-0.2, 0) is 0 Å². The van der Waals surface area contributed by atoms with Crippen LogP contribution in [0.4, 0.5) is 11.6 Å². The molecule has 5 heteroatoms. The Hall–Kier alpha value is -2.59. The second-order valence-corrected chi connectivity index (χ2v) is 4.86. The standard InChI is InChI=1S/C16H10ClNO3/c17-10-5-7-11(8-6-10)18-16-13(9-19)15(20)12-3-1-2-4-14(12)21-16/h1-9,18H. The lowest BCUT2D eigenvalue weighted by molar-refractivity contribution is 0.112. The summed E-state index contributed by atoms with van der Waals surface area (Å²) in [5.41, 5.74) is 0.692. The van der Waals surface area contributed by atoms with Crippen LogP contribution in [-0.4, -0.2) is 6.29 Å². The summed E-state index contributed by atoms with van der Waals surface area (Å²) < 4.78 is 5.62. The molecule has 0 radical (unpaired) electrons. The van der Waals surface area contributed by atoms with Crippen molar-refractivity contribution in [3.8, 4) is 0 Å². The molecule has 1 N–H and O–H groups in total. The summed E-state index contributed by atoms with van der Waals surface area (Å²) in [4.78, 5) is 23.5. The Labute approximate surface area is 125 Å². The summed E-state index contributed by atoms with van der Waals surface area (Å²) in [6.45, 7) is 0. The maximum absolute atomic E-state index is 12.3. The average Bonchev–Trinajstić information content (AvgIpc) is 2.50. The van der Waals surface area contributed by atoms with E-state index in [0.717, 1.165) is 0 Å². The fraction of sp³-hybridized carbons (Fsp3) is 0. The fourth-order valence-electron chi connectivity index (χ4n) is 2.02. The second-order valence-electron chi connectivity index (χ2n) is 4.42. The zero-order chi connectivity index (χ0) is 14.8. The zero-order valence-corrected chi connectivity index (χ0v) is 11.6. The Morgan fingerprint density at radius 1 is 1.05 bits per heavy atom. The van der Waals surface area contributed by atoms with Crippen molar-refractivity contribution in [1.82, 2.24) is 0 Å². The van der Waals surface area contributed by atoms with E-state index in [-0.39, 0.29) is 16.9 Å². The summed E-state index contributed by atoms with van der Waals surface area (Å²) in [6, 6.07) is 13.6. The first-order valence-corrected chi connectivity index (χ1v) is 6.60. The molecule has 3 aromatic rings. The first-order valence-electron chi connectivity index (χ1n) is 6.22. The molecule has 2 aromatic carbocycles. The van der Waals surface area contributed by atoms with Gasteiger partial charge in [0.05, 0.1) is 5.39 Å². The molecule has 0 saturated carbocycles. The minimum Gasteiger partial charge on any atom is -0.439 e. The summed E-state index contributed by atoms with van der Waals surface area (Å²) in [5.74, 6) is 0.121. The van der Waals surface area contributed by atoms with Gasteiger partial charge in [0.1, 0.15) is 11.1 Å². The minimum atomic E-state index is -0.358. The van der Waals surface area contributed by atoms with Gasteiger partial charge in [-0.2, -0.15) is 0 Å². The van der Waals surface area contributed by atoms with E-state index in [0.29, 0.717) is 28.0 Å². The number of nitrogens with one attached hydrogen (secondary N) is 1. The normalized spacial score (nSPS) is 10.5. The molecule has 1 heterocycles. The van der Waals surface area contributed by atoms with Gasteiger partial charge in [0.25, 0.3) is 0 Å². The fourth-order valence-corrected chi connectivity index (χ4v) is 2.15. The predicted molar refractivity (Wildman–Crippen MR) is 82.6 cm³/mol. The summed E-state index contributed by atoms with van der Waals surface area (Å²) in [6.07, 6.45) is 0.497. The highest BCUT2D eigenvalue weighted by molar-refractivity contribution is 6.30. The van der Waals surface area contributed by atoms with Crippen LogP contribution in [0.2, 0.25) is 5.02 Å². The van der Waals surface area contributed by atoms with Gasteiger partial charge in [0, 0.05) is 10.7 Å². The van der Waals surface area contributed by atoms with Crippen LogP contribution in [0.5, 0.6) is 0 Å². The lowest BCUT2D eigenvalue weighted by atomic mass is 10.1. The highest BCUT2D eigenvalue weighted by Gasteiger charge is 2.13. The molecule has 0 saturated heterocycles. The van der Waals surface area contributed by atoms with Gasteiger partial charge in [0.2, 0.25) is 11.3 Å². The number of hydrogen-bond donors (Lipinski definition) is 1. The Balaban J connectivity index is 2.15. The molecule has 0 aliphatic rings. The first-order chi connectivity index (χ1) is 10.2. The van der Waals surface area contributed by atoms with E-state index in [1.165, 1.54) is 0 Å². The van der Waals surface area contributed by atoms with Crippen molar-refractivity contribution >= 4 is 40.4 Å². The van der Waals surface area contributed by atoms with Crippen molar-refractivity contribution in [3.63, 3.8) is 0 Å². The van der Waals surface area contributed by atoms with Crippen LogP contribution in [0.15, 0.2) is 57.7 Å². The summed E-state index contributed by atoms with van der Waals surface area (Å²) in [5, 5.41) is 3.90. The molecule has 0 unspecified atom stereocenters. The van der Waals surface area contributed by atoms with E-state index in [9.17, 15) is 9.59 Å². The number of carbonyl (C=O) groups is 1. The highest BCUT2D eigenvalue weighted by Crippen LogP contribution is 2.23. The predicted octanol–water partition coefficient (Wildman–Crippen LogP) is 4.00. The quantitative estimate of drug-likeness (QED) is 0.743. The van der Waals surface area contributed by atoms with Gasteiger partial charge in [0.15, 0.2) is 6.29 Å². The number of anilines is 2. The van der Waals surface area contributed by atoms with Crippen molar-refractivity contribution in [3.05, 3.63) is 69.3 Å². The molecule has 1 aromatic heterocycles. The summed E-state index contributed by atoms with van der Waals surface area (Å²) in [7, 11) is 0. The van der Waals surface area contributed by atoms with Crippen LogP contribution in [0, 0.1) is 0 Å². The van der Waals surface area contributed by atoms with Crippen molar-refractivity contribution in [2.75, 3.05) is 5.32 Å². The lowest BCUT2D eigenvalue weighted by Gasteiger charge is -2.08. The molecule has 0 amide bonds. The third-order valence-corrected chi connectivity index (χ3v) is 3.30. The topological polar surface area (TPSA) is 59.3 Å². The van der Waals surface area contributed by atoms with E-state index >= 15 is 0 Å². The van der Waals surface area contributed by atoms with Crippen LogP contribution in [0.1, 0.15) is 10.4 Å². The van der Waals surface area contributed by atoms with Crippen LogP contribution in [0.25, 0.3) is 11.0 Å². The van der Waals surface area contributed by atoms with Crippen molar-refractivity contribution in [2.45, 2.75) is 0 Å². The molecule has 0 aliphatic heterocycles. The third-order valence-electron chi connectivity index (χ3n) is 3.05. The van der Waals surface area contributed by atoms with Gasteiger partial charge in [-0.25, -0.2) is 0 Å². The summed E-state index contributed by atoms with van der Waals surface area (Å²) >= 11 is 5.82. The Morgan fingerprint density at radius 2 is 1.76 bits per heavy atom. The van der Waals surface area contributed by atoms with Crippen molar-refractivity contribution < 1.29 is 9.21 Å². The van der Waals surface area contributed by atoms with Crippen LogP contribution < -0.4 is 10.7 Å². The lowest BCUT2D eigenvalue weighted by Crippen LogP contribution is -2.11. The molecule has 0 bridgehead atoms. The van der Waals surface area contributed by atoms with E-state index in [1.54, 1.807) is 48.5 Å². The van der Waals surface area contributed by atoms with Crippen LogP contribution >= 0.6 is 11.6 Å². The van der Waals surface area contributed by atoms with Gasteiger partial charge in [-0.3, -0.25) is 9.59 Å². The smallest absolute Gasteiger partial charge is 0.212 e. The van der Waals surface area contributed by atoms with Gasteiger partial charge < -0.3 is 9.73 Å². The second kappa shape index (κ2) is 5.42. The molecule has 4 nitrogen and oxygen atoms in total. The number of halogens is 1. The molecule has 0 atom stereocenters. The SMILES string of the molecule is O=Cc1c(Nc2ccc(Cl)cc2)oc2ccccc2c1=O. The largest absolute Gasteiger partial charge is 0.439 e. The number of para-hydroxylation sites is 1. The van der Waals surface area contributed by atoms with Gasteiger partial charge in [-0.15, -0.1) is 0 Å². The van der Waals surface area contributed by atoms with E-state index in [4.69, 9.17) is 16.0 Å². The minimum absolute atomic E-state index is 0.0383. The third kappa shape index (κ3) is 2.53. The zero-order valence-electron chi connectivity index (χ0n) is 10.8. The number of carbonyl (C=O) groups excluding carboxylic acids is 1. The molecular formula is C16H10ClNO3. The molecule has 0 aliphatic carbocycles. The van der Waals surface area contributed by atoms with E-state index < -0.39 is 0 Å². The highest BCUT2D eigenvalue weighted by atomic mass is 35.5. The molecule has 21 heavy (non-hydrogen) atoms. The number of hydrogen-bond acceptors (Lipinski definition) is 4.